The van der Waals surface area contributed by atoms with Crippen LogP contribution in [-0.2, 0) is 9.47 Å². The van der Waals surface area contributed by atoms with Crippen molar-refractivity contribution < 1.29 is 23.8 Å². The van der Waals surface area contributed by atoms with Crippen LogP contribution in [0.3, 0.4) is 0 Å². The summed E-state index contributed by atoms with van der Waals surface area (Å²) in [5.74, 6) is -0.368. The zero-order chi connectivity index (χ0) is 23.7. The van der Waals surface area contributed by atoms with Crippen LogP contribution in [0.1, 0.15) is 85.4 Å². The predicted molar refractivity (Wildman–Crippen MR) is 134 cm³/mol. The van der Waals surface area contributed by atoms with Gasteiger partial charge in [0.2, 0.25) is 0 Å². The molecule has 0 N–H and O–H groups in total. The maximum Gasteiger partial charge on any atom is 0.339 e. The molecule has 0 spiro atoms. The summed E-state index contributed by atoms with van der Waals surface area (Å²) in [5.41, 5.74) is 0.436. The molecule has 0 radical (unpaired) electrons. The number of unbranched alkanes of at least 4 members (excludes halogenated alkanes) is 8. The highest BCUT2D eigenvalue weighted by Crippen LogP contribution is 2.16. The number of ether oxygens (including phenoxy) is 3. The Morgan fingerprint density at radius 1 is 0.667 bits per heavy atom. The molecule has 5 nitrogen and oxygen atoms in total. The SMILES string of the molecule is CCCCCCCCCCCOC(=O)c1ccccc1C(=O)OCCOc1ccc(Br)cc1. The van der Waals surface area contributed by atoms with Gasteiger partial charge in [0, 0.05) is 4.47 Å². The summed E-state index contributed by atoms with van der Waals surface area (Å²) in [5, 5.41) is 0. The Morgan fingerprint density at radius 2 is 1.18 bits per heavy atom. The van der Waals surface area contributed by atoms with E-state index in [-0.39, 0.29) is 24.3 Å². The first-order valence-corrected chi connectivity index (χ1v) is 12.7. The molecule has 0 bridgehead atoms. The van der Waals surface area contributed by atoms with Crippen LogP contribution in [0.4, 0.5) is 0 Å². The lowest BCUT2D eigenvalue weighted by atomic mass is 10.1. The van der Waals surface area contributed by atoms with E-state index in [1.807, 2.05) is 24.3 Å². The van der Waals surface area contributed by atoms with Crippen LogP contribution in [0.15, 0.2) is 53.0 Å². The van der Waals surface area contributed by atoms with E-state index in [9.17, 15) is 9.59 Å². The van der Waals surface area contributed by atoms with Crippen LogP contribution in [-0.4, -0.2) is 31.8 Å². The third-order valence-electron chi connectivity index (χ3n) is 5.25. The maximum absolute atomic E-state index is 12.5. The van der Waals surface area contributed by atoms with Crippen molar-refractivity contribution in [1.29, 1.82) is 0 Å². The van der Waals surface area contributed by atoms with Gasteiger partial charge in [-0.15, -0.1) is 0 Å². The number of hydrogen-bond acceptors (Lipinski definition) is 5. The van der Waals surface area contributed by atoms with Gasteiger partial charge in [-0.1, -0.05) is 86.4 Å². The Kier molecular flexibility index (Phi) is 13.3. The van der Waals surface area contributed by atoms with Crippen LogP contribution in [0.5, 0.6) is 5.75 Å². The second-order valence-electron chi connectivity index (χ2n) is 7.95. The molecular weight excluding hydrogens is 484 g/mol. The first kappa shape index (κ1) is 26.9. The minimum atomic E-state index is -0.565. The van der Waals surface area contributed by atoms with Gasteiger partial charge in [0.05, 0.1) is 17.7 Å². The molecule has 0 fully saturated rings. The first-order chi connectivity index (χ1) is 16.1. The van der Waals surface area contributed by atoms with Crippen molar-refractivity contribution in [2.45, 2.75) is 64.7 Å². The van der Waals surface area contributed by atoms with E-state index in [2.05, 4.69) is 22.9 Å². The normalized spacial score (nSPS) is 10.6. The molecule has 0 aromatic heterocycles. The van der Waals surface area contributed by atoms with Crippen molar-refractivity contribution in [2.24, 2.45) is 0 Å². The average molecular weight is 519 g/mol. The molecular formula is C27H35BrO5. The molecule has 0 saturated heterocycles. The fourth-order valence-electron chi connectivity index (χ4n) is 3.40. The molecule has 0 heterocycles. The van der Waals surface area contributed by atoms with E-state index in [0.29, 0.717) is 12.4 Å². The molecule has 6 heteroatoms. The Labute approximate surface area is 205 Å². The second kappa shape index (κ2) is 16.3. The number of benzene rings is 2. The van der Waals surface area contributed by atoms with Gasteiger partial charge in [-0.05, 0) is 42.8 Å². The van der Waals surface area contributed by atoms with Gasteiger partial charge < -0.3 is 14.2 Å². The molecule has 2 aromatic rings. The van der Waals surface area contributed by atoms with Crippen molar-refractivity contribution in [2.75, 3.05) is 19.8 Å². The van der Waals surface area contributed by atoms with Crippen molar-refractivity contribution in [3.05, 3.63) is 64.1 Å². The summed E-state index contributed by atoms with van der Waals surface area (Å²) in [6.07, 6.45) is 10.8. The topological polar surface area (TPSA) is 61.8 Å². The minimum Gasteiger partial charge on any atom is -0.490 e. The highest BCUT2D eigenvalue weighted by atomic mass is 79.9. The Bertz CT molecular complexity index is 835. The van der Waals surface area contributed by atoms with Crippen molar-refractivity contribution >= 4 is 27.9 Å². The lowest BCUT2D eigenvalue weighted by Crippen LogP contribution is -2.17. The van der Waals surface area contributed by atoms with E-state index in [4.69, 9.17) is 14.2 Å². The van der Waals surface area contributed by atoms with Gasteiger partial charge >= 0.3 is 11.9 Å². The lowest BCUT2D eigenvalue weighted by molar-refractivity contribution is 0.0422. The lowest BCUT2D eigenvalue weighted by Gasteiger charge is -2.10. The number of halogens is 1. The molecule has 0 atom stereocenters. The maximum atomic E-state index is 12.5. The fourth-order valence-corrected chi connectivity index (χ4v) is 3.66. The summed E-state index contributed by atoms with van der Waals surface area (Å²) in [7, 11) is 0. The van der Waals surface area contributed by atoms with Crippen molar-refractivity contribution in [1.82, 2.24) is 0 Å². The quantitative estimate of drug-likeness (QED) is 0.171. The average Bonchev–Trinajstić information content (AvgIpc) is 2.84. The Morgan fingerprint density at radius 3 is 1.76 bits per heavy atom. The van der Waals surface area contributed by atoms with Gasteiger partial charge in [0.15, 0.2) is 0 Å². The first-order valence-electron chi connectivity index (χ1n) is 11.9. The molecule has 0 aliphatic carbocycles. The van der Waals surface area contributed by atoms with Crippen molar-refractivity contribution in [3.63, 3.8) is 0 Å². The Balaban J connectivity index is 1.67. The molecule has 0 aliphatic heterocycles. The van der Waals surface area contributed by atoms with Gasteiger partial charge in [-0.2, -0.15) is 0 Å². The van der Waals surface area contributed by atoms with E-state index < -0.39 is 11.9 Å². The molecule has 0 saturated carbocycles. The predicted octanol–water partition coefficient (Wildman–Crippen LogP) is 7.37. The monoisotopic (exact) mass is 518 g/mol. The summed E-state index contributed by atoms with van der Waals surface area (Å²) in [6, 6.07) is 14.0. The molecule has 33 heavy (non-hydrogen) atoms. The van der Waals surface area contributed by atoms with Gasteiger partial charge in [0.25, 0.3) is 0 Å². The van der Waals surface area contributed by atoms with Gasteiger partial charge in [-0.25, -0.2) is 9.59 Å². The summed E-state index contributed by atoms with van der Waals surface area (Å²) < 4.78 is 17.2. The van der Waals surface area contributed by atoms with E-state index in [0.717, 1.165) is 23.7 Å². The number of carbonyl (C=O) groups is 2. The van der Waals surface area contributed by atoms with E-state index in [1.54, 1.807) is 24.3 Å². The van der Waals surface area contributed by atoms with Crippen LogP contribution in [0, 0.1) is 0 Å². The van der Waals surface area contributed by atoms with E-state index >= 15 is 0 Å². The zero-order valence-corrected chi connectivity index (χ0v) is 21.1. The molecule has 2 rings (SSSR count). The van der Waals surface area contributed by atoms with Crippen LogP contribution in [0.2, 0.25) is 0 Å². The molecule has 2 aromatic carbocycles. The smallest absolute Gasteiger partial charge is 0.339 e. The van der Waals surface area contributed by atoms with Gasteiger partial charge in [0.1, 0.15) is 19.0 Å². The molecule has 180 valence electrons. The fraction of sp³-hybridized carbons (Fsp3) is 0.481. The van der Waals surface area contributed by atoms with Crippen LogP contribution < -0.4 is 4.74 Å². The molecule has 0 amide bonds. The summed E-state index contributed by atoms with van der Waals surface area (Å²) in [6.45, 7) is 2.89. The van der Waals surface area contributed by atoms with Crippen LogP contribution >= 0.6 is 15.9 Å². The zero-order valence-electron chi connectivity index (χ0n) is 19.5. The summed E-state index contributed by atoms with van der Waals surface area (Å²) >= 11 is 3.37. The third-order valence-corrected chi connectivity index (χ3v) is 5.78. The number of rotatable bonds is 16. The largest absolute Gasteiger partial charge is 0.490 e. The highest BCUT2D eigenvalue weighted by molar-refractivity contribution is 9.10. The third kappa shape index (κ3) is 10.9. The molecule has 0 aliphatic rings. The number of esters is 2. The standard InChI is InChI=1S/C27H35BrO5/c1-2-3-4-5-6-7-8-9-12-19-32-26(29)24-13-10-11-14-25(24)27(30)33-21-20-31-23-17-15-22(28)16-18-23/h10-11,13-18H,2-9,12,19-21H2,1H3. The highest BCUT2D eigenvalue weighted by Gasteiger charge is 2.18. The minimum absolute atomic E-state index is 0.0801. The Hall–Kier alpha value is -2.34. The molecule has 0 unspecified atom stereocenters. The number of hydrogen-bond donors (Lipinski definition) is 0. The second-order valence-corrected chi connectivity index (χ2v) is 8.86. The van der Waals surface area contributed by atoms with E-state index in [1.165, 1.54) is 38.5 Å². The van der Waals surface area contributed by atoms with Crippen LogP contribution in [0.25, 0.3) is 0 Å². The van der Waals surface area contributed by atoms with Gasteiger partial charge in [-0.3, -0.25) is 0 Å². The summed E-state index contributed by atoms with van der Waals surface area (Å²) in [4.78, 5) is 25.0. The van der Waals surface area contributed by atoms with Crippen molar-refractivity contribution in [3.8, 4) is 5.75 Å². The number of carbonyl (C=O) groups excluding carboxylic acids is 2.